The van der Waals surface area contributed by atoms with Crippen molar-refractivity contribution < 1.29 is 0 Å². The highest BCUT2D eigenvalue weighted by Gasteiger charge is 2.45. The second kappa shape index (κ2) is 4.45. The summed E-state index contributed by atoms with van der Waals surface area (Å²) >= 11 is 0. The van der Waals surface area contributed by atoms with Crippen LogP contribution in [-0.2, 0) is 0 Å². The summed E-state index contributed by atoms with van der Waals surface area (Å²) in [4.78, 5) is 0. The van der Waals surface area contributed by atoms with Gasteiger partial charge < -0.3 is 0 Å². The normalized spacial score (nSPS) is 25.5. The lowest BCUT2D eigenvalue weighted by Crippen LogP contribution is -2.52. The van der Waals surface area contributed by atoms with Gasteiger partial charge in [-0.25, -0.2) is 0 Å². The highest BCUT2D eigenvalue weighted by molar-refractivity contribution is 6.92. The van der Waals surface area contributed by atoms with Gasteiger partial charge in [0.25, 0.3) is 0 Å². The standard InChI is InChI=1S/C16H24Si/c1-14-10-8-9-13-16(14,2)17(3,4)15-11-6-5-7-12-15/h5-7,10-12H,8-9,13H2,1-4H3/t16-/m1/s1. The molecular weight excluding hydrogens is 220 g/mol. The number of hydrogen-bond acceptors (Lipinski definition) is 0. The first-order valence-electron chi connectivity index (χ1n) is 6.71. The summed E-state index contributed by atoms with van der Waals surface area (Å²) in [5.41, 5.74) is 1.63. The van der Waals surface area contributed by atoms with Crippen molar-refractivity contribution in [2.45, 2.75) is 51.2 Å². The lowest BCUT2D eigenvalue weighted by atomic mass is 9.89. The molecule has 0 nitrogen and oxygen atoms in total. The molecule has 17 heavy (non-hydrogen) atoms. The molecule has 1 aliphatic rings. The van der Waals surface area contributed by atoms with Crippen molar-refractivity contribution in [3.05, 3.63) is 42.0 Å². The average Bonchev–Trinajstić information content (AvgIpc) is 2.34. The summed E-state index contributed by atoms with van der Waals surface area (Å²) in [6.45, 7) is 9.91. The van der Waals surface area contributed by atoms with E-state index in [2.05, 4.69) is 63.3 Å². The summed E-state index contributed by atoms with van der Waals surface area (Å²) in [6.07, 6.45) is 6.47. The van der Waals surface area contributed by atoms with E-state index >= 15 is 0 Å². The Labute approximate surface area is 107 Å². The van der Waals surface area contributed by atoms with Crippen LogP contribution in [0.5, 0.6) is 0 Å². The first-order valence-corrected chi connectivity index (χ1v) is 9.71. The maximum atomic E-state index is 2.53. The van der Waals surface area contributed by atoms with E-state index in [0.717, 1.165) is 0 Å². The molecule has 0 heterocycles. The predicted octanol–water partition coefficient (Wildman–Crippen LogP) is 4.49. The molecule has 1 atom stereocenters. The van der Waals surface area contributed by atoms with Gasteiger partial charge in [-0.1, -0.05) is 67.2 Å². The Morgan fingerprint density at radius 2 is 1.76 bits per heavy atom. The third-order valence-corrected chi connectivity index (χ3v) is 10.3. The molecule has 0 saturated heterocycles. The van der Waals surface area contributed by atoms with Gasteiger partial charge in [0, 0.05) is 0 Å². The number of benzene rings is 1. The Kier molecular flexibility index (Phi) is 3.31. The molecule has 1 aromatic rings. The fourth-order valence-electron chi connectivity index (χ4n) is 3.18. The van der Waals surface area contributed by atoms with E-state index in [1.54, 1.807) is 10.8 Å². The Morgan fingerprint density at radius 1 is 1.12 bits per heavy atom. The molecule has 0 fully saturated rings. The fourth-order valence-corrected chi connectivity index (χ4v) is 6.73. The monoisotopic (exact) mass is 244 g/mol. The summed E-state index contributed by atoms with van der Waals surface area (Å²) in [5.74, 6) is 0. The van der Waals surface area contributed by atoms with Gasteiger partial charge in [-0.2, -0.15) is 0 Å². The van der Waals surface area contributed by atoms with Gasteiger partial charge in [0.2, 0.25) is 0 Å². The molecule has 1 heteroatoms. The van der Waals surface area contributed by atoms with Crippen LogP contribution in [0.4, 0.5) is 0 Å². The topological polar surface area (TPSA) is 0 Å². The number of allylic oxidation sites excluding steroid dienone is 2. The van der Waals surface area contributed by atoms with Crippen molar-refractivity contribution in [3.8, 4) is 0 Å². The number of rotatable bonds is 2. The van der Waals surface area contributed by atoms with Crippen molar-refractivity contribution >= 4 is 13.3 Å². The molecule has 0 unspecified atom stereocenters. The van der Waals surface area contributed by atoms with Gasteiger partial charge in [0.05, 0.1) is 8.07 Å². The summed E-state index contributed by atoms with van der Waals surface area (Å²) < 4.78 is 0. The highest BCUT2D eigenvalue weighted by Crippen LogP contribution is 2.50. The van der Waals surface area contributed by atoms with E-state index in [-0.39, 0.29) is 0 Å². The molecule has 0 N–H and O–H groups in total. The largest absolute Gasteiger partial charge is 0.0904 e. The van der Waals surface area contributed by atoms with Crippen LogP contribution in [0.3, 0.4) is 0 Å². The molecular formula is C16H24Si. The third kappa shape index (κ3) is 2.01. The lowest BCUT2D eigenvalue weighted by molar-refractivity contribution is 0.554. The number of hydrogen-bond donors (Lipinski definition) is 0. The maximum Gasteiger partial charge on any atom is 0.0904 e. The maximum absolute atomic E-state index is 2.53. The molecule has 0 bridgehead atoms. The van der Waals surface area contributed by atoms with Crippen LogP contribution in [0, 0.1) is 0 Å². The smallest absolute Gasteiger partial charge is 0.0853 e. The second-order valence-corrected chi connectivity index (χ2v) is 11.0. The Hall–Kier alpha value is -0.823. The molecule has 0 radical (unpaired) electrons. The molecule has 2 rings (SSSR count). The van der Waals surface area contributed by atoms with E-state index in [0.29, 0.717) is 5.04 Å². The van der Waals surface area contributed by atoms with Gasteiger partial charge in [0.1, 0.15) is 0 Å². The van der Waals surface area contributed by atoms with E-state index in [1.165, 1.54) is 19.3 Å². The van der Waals surface area contributed by atoms with E-state index in [4.69, 9.17) is 0 Å². The molecule has 0 aromatic heterocycles. The van der Waals surface area contributed by atoms with Crippen LogP contribution in [0.15, 0.2) is 42.0 Å². The van der Waals surface area contributed by atoms with Crippen LogP contribution in [0.25, 0.3) is 0 Å². The Balaban J connectivity index is 2.44. The molecule has 1 aliphatic carbocycles. The van der Waals surface area contributed by atoms with E-state index < -0.39 is 8.07 Å². The van der Waals surface area contributed by atoms with Gasteiger partial charge in [-0.3, -0.25) is 0 Å². The molecule has 0 amide bonds. The van der Waals surface area contributed by atoms with E-state index in [9.17, 15) is 0 Å². The quantitative estimate of drug-likeness (QED) is 0.531. The minimum atomic E-state index is -1.43. The minimum Gasteiger partial charge on any atom is -0.0853 e. The fraction of sp³-hybridized carbons (Fsp3) is 0.500. The van der Waals surface area contributed by atoms with Gasteiger partial charge in [-0.15, -0.1) is 0 Å². The van der Waals surface area contributed by atoms with Crippen molar-refractivity contribution in [1.29, 1.82) is 0 Å². The van der Waals surface area contributed by atoms with Crippen molar-refractivity contribution in [2.75, 3.05) is 0 Å². The summed E-state index contributed by atoms with van der Waals surface area (Å²) in [7, 11) is -1.43. The summed E-state index contributed by atoms with van der Waals surface area (Å²) in [5, 5.41) is 2.03. The minimum absolute atomic E-state index is 0.437. The Morgan fingerprint density at radius 3 is 2.35 bits per heavy atom. The van der Waals surface area contributed by atoms with Crippen LogP contribution in [-0.4, -0.2) is 8.07 Å². The van der Waals surface area contributed by atoms with Crippen molar-refractivity contribution in [2.24, 2.45) is 0 Å². The van der Waals surface area contributed by atoms with Gasteiger partial charge >= 0.3 is 0 Å². The van der Waals surface area contributed by atoms with Crippen LogP contribution < -0.4 is 5.19 Å². The zero-order valence-electron chi connectivity index (χ0n) is 11.6. The third-order valence-electron chi connectivity index (χ3n) is 5.08. The zero-order valence-corrected chi connectivity index (χ0v) is 12.6. The predicted molar refractivity (Wildman–Crippen MR) is 79.5 cm³/mol. The highest BCUT2D eigenvalue weighted by atomic mass is 28.3. The molecule has 0 saturated carbocycles. The van der Waals surface area contributed by atoms with Gasteiger partial charge in [0.15, 0.2) is 0 Å². The Bertz CT molecular complexity index is 416. The van der Waals surface area contributed by atoms with Crippen LogP contribution in [0.1, 0.15) is 33.1 Å². The van der Waals surface area contributed by atoms with Crippen LogP contribution >= 0.6 is 0 Å². The van der Waals surface area contributed by atoms with Crippen molar-refractivity contribution in [3.63, 3.8) is 0 Å². The van der Waals surface area contributed by atoms with Crippen LogP contribution in [0.2, 0.25) is 18.1 Å². The first kappa shape index (κ1) is 12.6. The molecule has 0 aliphatic heterocycles. The van der Waals surface area contributed by atoms with E-state index in [1.807, 2.05) is 0 Å². The second-order valence-electron chi connectivity index (χ2n) is 6.10. The lowest BCUT2D eigenvalue weighted by Gasteiger charge is -2.46. The molecule has 0 spiro atoms. The van der Waals surface area contributed by atoms with Gasteiger partial charge in [-0.05, 0) is 31.2 Å². The summed E-state index contributed by atoms with van der Waals surface area (Å²) in [6, 6.07) is 11.2. The zero-order chi connectivity index (χ0) is 12.5. The van der Waals surface area contributed by atoms with Crippen molar-refractivity contribution in [1.82, 2.24) is 0 Å². The average molecular weight is 244 g/mol. The first-order chi connectivity index (χ1) is 7.98. The molecule has 1 aromatic carbocycles. The molecule has 92 valence electrons. The SMILES string of the molecule is CC1=CCCC[C@@]1(C)[Si](C)(C)c1ccccc1.